The Balaban J connectivity index is 2.70. The van der Waals surface area contributed by atoms with Crippen molar-refractivity contribution >= 4 is 6.72 Å². The van der Waals surface area contributed by atoms with Crippen LogP contribution in [0.1, 0.15) is 19.8 Å². The Bertz CT molecular complexity index is 122. The van der Waals surface area contributed by atoms with Crippen LogP contribution < -0.4 is 0 Å². The van der Waals surface area contributed by atoms with Gasteiger partial charge >= 0.3 is 0 Å². The van der Waals surface area contributed by atoms with Gasteiger partial charge in [-0.25, -0.2) is 0 Å². The molecule has 0 heterocycles. The second-order valence-corrected chi connectivity index (χ2v) is 1.89. The monoisotopic (exact) mass is 95.1 g/mol. The molecular formula is C6H9N. The van der Waals surface area contributed by atoms with E-state index in [2.05, 4.69) is 18.6 Å². The van der Waals surface area contributed by atoms with Gasteiger partial charge in [0.15, 0.2) is 0 Å². The summed E-state index contributed by atoms with van der Waals surface area (Å²) in [6.07, 6.45) is 2.38. The van der Waals surface area contributed by atoms with Crippen molar-refractivity contribution in [3.63, 3.8) is 0 Å². The Morgan fingerprint density at radius 2 is 2.29 bits per heavy atom. The first-order valence-corrected chi connectivity index (χ1v) is 2.50. The molecule has 0 spiro atoms. The number of rotatable bonds is 1. The zero-order chi connectivity index (χ0) is 5.28. The lowest BCUT2D eigenvalue weighted by atomic mass is 9.97. The molecule has 0 aromatic rings. The van der Waals surface area contributed by atoms with E-state index >= 15 is 0 Å². The predicted octanol–water partition coefficient (Wildman–Crippen LogP) is 1.75. The first-order valence-electron chi connectivity index (χ1n) is 2.50. The fourth-order valence-electron chi connectivity index (χ4n) is 0.701. The molecule has 0 radical (unpaired) electrons. The zero-order valence-corrected chi connectivity index (χ0v) is 4.57. The van der Waals surface area contributed by atoms with Crippen molar-refractivity contribution in [2.24, 2.45) is 4.99 Å². The Labute approximate surface area is 43.8 Å². The zero-order valence-electron chi connectivity index (χ0n) is 4.57. The number of aliphatic imine (C=N–C) groups is 1. The highest BCUT2D eigenvalue weighted by Crippen LogP contribution is 2.26. The van der Waals surface area contributed by atoms with Crippen molar-refractivity contribution in [3.05, 3.63) is 11.3 Å². The third kappa shape index (κ3) is 0.581. The van der Waals surface area contributed by atoms with Crippen LogP contribution in [0.2, 0.25) is 0 Å². The average molecular weight is 95.1 g/mol. The molecule has 1 rings (SSSR count). The van der Waals surface area contributed by atoms with E-state index in [0.29, 0.717) is 0 Å². The van der Waals surface area contributed by atoms with Gasteiger partial charge in [0.2, 0.25) is 0 Å². The molecule has 0 saturated carbocycles. The van der Waals surface area contributed by atoms with E-state index in [1.54, 1.807) is 0 Å². The smallest absolute Gasteiger partial charge is 0.0388 e. The third-order valence-electron chi connectivity index (χ3n) is 1.42. The maximum Gasteiger partial charge on any atom is 0.0388 e. The molecule has 0 bridgehead atoms. The molecule has 0 saturated heterocycles. The Morgan fingerprint density at radius 1 is 1.57 bits per heavy atom. The molecule has 0 N–H and O–H groups in total. The summed E-state index contributed by atoms with van der Waals surface area (Å²) >= 11 is 0. The van der Waals surface area contributed by atoms with Crippen LogP contribution in [0.4, 0.5) is 0 Å². The van der Waals surface area contributed by atoms with E-state index in [0.717, 1.165) is 6.42 Å². The van der Waals surface area contributed by atoms with Crippen LogP contribution >= 0.6 is 0 Å². The minimum Gasteiger partial charge on any atom is -0.269 e. The van der Waals surface area contributed by atoms with Gasteiger partial charge in [0.25, 0.3) is 0 Å². The molecule has 0 aromatic heterocycles. The summed E-state index contributed by atoms with van der Waals surface area (Å²) in [5.74, 6) is 0. The SMILES string of the molecule is C=NC1=C(C)CC1. The topological polar surface area (TPSA) is 12.4 Å². The molecule has 7 heavy (non-hydrogen) atoms. The van der Waals surface area contributed by atoms with Crippen molar-refractivity contribution in [1.29, 1.82) is 0 Å². The van der Waals surface area contributed by atoms with E-state index in [9.17, 15) is 0 Å². The van der Waals surface area contributed by atoms with Crippen molar-refractivity contribution < 1.29 is 0 Å². The van der Waals surface area contributed by atoms with Gasteiger partial charge in [0.05, 0.1) is 0 Å². The van der Waals surface area contributed by atoms with Crippen molar-refractivity contribution in [3.8, 4) is 0 Å². The molecule has 38 valence electrons. The summed E-state index contributed by atoms with van der Waals surface area (Å²) in [5, 5.41) is 0. The van der Waals surface area contributed by atoms with Gasteiger partial charge in [-0.3, -0.25) is 4.99 Å². The quantitative estimate of drug-likeness (QED) is 0.440. The molecule has 1 nitrogen and oxygen atoms in total. The van der Waals surface area contributed by atoms with Gasteiger partial charge in [-0.15, -0.1) is 0 Å². The molecule has 0 aliphatic heterocycles. The van der Waals surface area contributed by atoms with Crippen LogP contribution in [0.3, 0.4) is 0 Å². The lowest BCUT2D eigenvalue weighted by molar-refractivity contribution is 0.789. The predicted molar refractivity (Wildman–Crippen MR) is 31.5 cm³/mol. The van der Waals surface area contributed by atoms with Gasteiger partial charge < -0.3 is 0 Å². The van der Waals surface area contributed by atoms with Crippen LogP contribution in [0, 0.1) is 0 Å². The standard InChI is InChI=1S/C6H9N/c1-5-3-4-6(5)7-2/h2-4H2,1H3. The van der Waals surface area contributed by atoms with E-state index in [-0.39, 0.29) is 0 Å². The van der Waals surface area contributed by atoms with E-state index < -0.39 is 0 Å². The Morgan fingerprint density at radius 3 is 2.29 bits per heavy atom. The third-order valence-corrected chi connectivity index (χ3v) is 1.42. The number of hydrogen-bond donors (Lipinski definition) is 0. The molecule has 1 aliphatic carbocycles. The largest absolute Gasteiger partial charge is 0.269 e. The normalized spacial score (nSPS) is 19.0. The van der Waals surface area contributed by atoms with Crippen molar-refractivity contribution in [1.82, 2.24) is 0 Å². The second-order valence-electron chi connectivity index (χ2n) is 1.89. The van der Waals surface area contributed by atoms with Crippen LogP contribution in [0.5, 0.6) is 0 Å². The number of allylic oxidation sites excluding steroid dienone is 2. The molecule has 0 unspecified atom stereocenters. The second kappa shape index (κ2) is 1.49. The summed E-state index contributed by atoms with van der Waals surface area (Å²) in [6.45, 7) is 5.53. The molecule has 0 atom stereocenters. The van der Waals surface area contributed by atoms with Gasteiger partial charge in [0.1, 0.15) is 0 Å². The average Bonchev–Trinajstić information content (AvgIpc) is 1.65. The first kappa shape index (κ1) is 4.57. The van der Waals surface area contributed by atoms with Gasteiger partial charge in [0, 0.05) is 5.70 Å². The molecule has 0 amide bonds. The maximum atomic E-state index is 3.80. The summed E-state index contributed by atoms with van der Waals surface area (Å²) in [5.41, 5.74) is 2.62. The Hall–Kier alpha value is -0.590. The minimum atomic E-state index is 1.15. The molecule has 1 heteroatoms. The summed E-state index contributed by atoms with van der Waals surface area (Å²) in [6, 6.07) is 0. The van der Waals surface area contributed by atoms with Gasteiger partial charge in [-0.2, -0.15) is 0 Å². The van der Waals surface area contributed by atoms with Gasteiger partial charge in [-0.05, 0) is 26.5 Å². The highest BCUT2D eigenvalue weighted by Gasteiger charge is 2.09. The fourth-order valence-corrected chi connectivity index (χ4v) is 0.701. The minimum absolute atomic E-state index is 1.15. The molecule has 0 fully saturated rings. The molecule has 0 aromatic carbocycles. The van der Waals surface area contributed by atoms with Crippen LogP contribution in [0.15, 0.2) is 16.3 Å². The summed E-state index contributed by atoms with van der Waals surface area (Å²) < 4.78 is 0. The number of nitrogens with zero attached hydrogens (tertiary/aromatic N) is 1. The number of hydrogen-bond acceptors (Lipinski definition) is 1. The molecule has 1 aliphatic rings. The first-order chi connectivity index (χ1) is 3.34. The lowest BCUT2D eigenvalue weighted by Crippen LogP contribution is -1.96. The van der Waals surface area contributed by atoms with Crippen LogP contribution in [-0.2, 0) is 0 Å². The molecular weight excluding hydrogens is 86.1 g/mol. The maximum absolute atomic E-state index is 3.80. The van der Waals surface area contributed by atoms with E-state index in [1.807, 2.05) is 0 Å². The summed E-state index contributed by atoms with van der Waals surface area (Å²) in [4.78, 5) is 3.80. The van der Waals surface area contributed by atoms with Crippen molar-refractivity contribution in [2.45, 2.75) is 19.8 Å². The summed E-state index contributed by atoms with van der Waals surface area (Å²) in [7, 11) is 0. The highest BCUT2D eigenvalue weighted by atomic mass is 14.7. The van der Waals surface area contributed by atoms with E-state index in [1.165, 1.54) is 17.7 Å². The van der Waals surface area contributed by atoms with E-state index in [4.69, 9.17) is 0 Å². The van der Waals surface area contributed by atoms with Gasteiger partial charge in [-0.1, -0.05) is 5.57 Å². The lowest BCUT2D eigenvalue weighted by Gasteiger charge is -2.14. The Kier molecular flexibility index (Phi) is 0.970. The van der Waals surface area contributed by atoms with Crippen LogP contribution in [-0.4, -0.2) is 6.72 Å². The highest BCUT2D eigenvalue weighted by molar-refractivity contribution is 5.33. The fraction of sp³-hybridized carbons (Fsp3) is 0.500. The van der Waals surface area contributed by atoms with Crippen LogP contribution in [0.25, 0.3) is 0 Å². The van der Waals surface area contributed by atoms with Crippen molar-refractivity contribution in [2.75, 3.05) is 0 Å².